The molecule has 1 saturated carbocycles. The molecule has 0 aliphatic heterocycles. The Morgan fingerprint density at radius 2 is 1.79 bits per heavy atom. The van der Waals surface area contributed by atoms with Gasteiger partial charge in [-0.25, -0.2) is 4.39 Å². The maximum Gasteiger partial charge on any atom is 0.132 e. The zero-order valence-electron chi connectivity index (χ0n) is 18.6. The summed E-state index contributed by atoms with van der Waals surface area (Å²) in [5, 5.41) is 0. The smallest absolute Gasteiger partial charge is 0.132 e. The number of nitrogens with zero attached hydrogens (tertiary/aromatic N) is 1. The van der Waals surface area contributed by atoms with E-state index in [1.54, 1.807) is 6.07 Å². The van der Waals surface area contributed by atoms with Crippen molar-refractivity contribution >= 4 is 0 Å². The maximum absolute atomic E-state index is 14.8. The summed E-state index contributed by atoms with van der Waals surface area (Å²) in [6, 6.07) is 9.78. The standard InChI is InChI=1S/C27H38FN/c1-4-8-20(3)24-11-7-6-10-23(24)15-12-21-13-16-25(26(28)18-21)27-17-14-22(9-5-2)19-29-27/h13-14,16-20,23-24H,4-12,15H2,1-3H3/t20?,23-,24-/m0/s1. The minimum Gasteiger partial charge on any atom is -0.256 e. The van der Waals surface area contributed by atoms with Gasteiger partial charge in [0.25, 0.3) is 0 Å². The number of aromatic nitrogens is 1. The lowest BCUT2D eigenvalue weighted by Gasteiger charge is -2.36. The molecule has 1 nitrogen and oxygen atoms in total. The number of benzene rings is 1. The van der Waals surface area contributed by atoms with Crippen LogP contribution < -0.4 is 0 Å². The number of hydrogen-bond donors (Lipinski definition) is 0. The fourth-order valence-electron chi connectivity index (χ4n) is 5.31. The second-order valence-electron chi connectivity index (χ2n) is 9.13. The topological polar surface area (TPSA) is 12.9 Å². The summed E-state index contributed by atoms with van der Waals surface area (Å²) < 4.78 is 14.8. The minimum atomic E-state index is -0.141. The van der Waals surface area contributed by atoms with E-state index in [-0.39, 0.29) is 5.82 Å². The van der Waals surface area contributed by atoms with Crippen molar-refractivity contribution in [2.75, 3.05) is 0 Å². The van der Waals surface area contributed by atoms with Crippen LogP contribution in [0, 0.1) is 23.6 Å². The van der Waals surface area contributed by atoms with Gasteiger partial charge in [-0.05, 0) is 72.8 Å². The highest BCUT2D eigenvalue weighted by Gasteiger charge is 2.28. The number of rotatable bonds is 9. The number of aryl methyl sites for hydroxylation is 2. The van der Waals surface area contributed by atoms with Gasteiger partial charge in [-0.3, -0.25) is 4.98 Å². The van der Waals surface area contributed by atoms with Crippen molar-refractivity contribution in [3.8, 4) is 11.3 Å². The molecular formula is C27H38FN. The van der Waals surface area contributed by atoms with Gasteiger partial charge >= 0.3 is 0 Å². The molecule has 1 aliphatic rings. The van der Waals surface area contributed by atoms with Crippen LogP contribution in [0.5, 0.6) is 0 Å². The van der Waals surface area contributed by atoms with Crippen molar-refractivity contribution in [1.82, 2.24) is 4.98 Å². The molecule has 0 N–H and O–H groups in total. The molecule has 3 atom stereocenters. The second kappa shape index (κ2) is 10.9. The predicted molar refractivity (Wildman–Crippen MR) is 121 cm³/mol. The third-order valence-electron chi connectivity index (χ3n) is 6.92. The van der Waals surface area contributed by atoms with E-state index >= 15 is 0 Å². The molecule has 1 unspecified atom stereocenters. The first-order valence-electron chi connectivity index (χ1n) is 11.9. The Bertz CT molecular complexity index is 752. The van der Waals surface area contributed by atoms with Crippen LogP contribution in [0.1, 0.15) is 83.3 Å². The van der Waals surface area contributed by atoms with E-state index < -0.39 is 0 Å². The zero-order chi connectivity index (χ0) is 20.6. The fourth-order valence-corrected chi connectivity index (χ4v) is 5.31. The first-order chi connectivity index (χ1) is 14.1. The predicted octanol–water partition coefficient (Wildman–Crippen LogP) is 8.02. The minimum absolute atomic E-state index is 0.141. The molecule has 3 rings (SSSR count). The van der Waals surface area contributed by atoms with Crippen molar-refractivity contribution in [2.24, 2.45) is 17.8 Å². The third-order valence-corrected chi connectivity index (χ3v) is 6.92. The van der Waals surface area contributed by atoms with Crippen molar-refractivity contribution < 1.29 is 4.39 Å². The van der Waals surface area contributed by atoms with Crippen molar-refractivity contribution in [1.29, 1.82) is 0 Å². The van der Waals surface area contributed by atoms with E-state index in [0.717, 1.165) is 48.3 Å². The number of hydrogen-bond acceptors (Lipinski definition) is 1. The molecule has 0 saturated heterocycles. The lowest BCUT2D eigenvalue weighted by Crippen LogP contribution is -2.26. The molecule has 158 valence electrons. The van der Waals surface area contributed by atoms with Crippen molar-refractivity contribution in [3.63, 3.8) is 0 Å². The van der Waals surface area contributed by atoms with Gasteiger partial charge in [-0.1, -0.05) is 71.4 Å². The average Bonchev–Trinajstić information content (AvgIpc) is 2.74. The highest BCUT2D eigenvalue weighted by Crippen LogP contribution is 2.39. The van der Waals surface area contributed by atoms with Crippen LogP contribution in [0.2, 0.25) is 0 Å². The molecule has 1 fully saturated rings. The summed E-state index contributed by atoms with van der Waals surface area (Å²) in [7, 11) is 0. The molecule has 0 spiro atoms. The van der Waals surface area contributed by atoms with Crippen LogP contribution in [0.3, 0.4) is 0 Å². The van der Waals surface area contributed by atoms with Gasteiger partial charge in [-0.15, -0.1) is 0 Å². The molecule has 29 heavy (non-hydrogen) atoms. The molecule has 1 aromatic carbocycles. The van der Waals surface area contributed by atoms with E-state index in [9.17, 15) is 4.39 Å². The normalized spacial score (nSPS) is 20.6. The van der Waals surface area contributed by atoms with Gasteiger partial charge in [-0.2, -0.15) is 0 Å². The Balaban J connectivity index is 1.64. The summed E-state index contributed by atoms with van der Waals surface area (Å²) in [4.78, 5) is 4.48. The van der Waals surface area contributed by atoms with Gasteiger partial charge in [0.1, 0.15) is 5.82 Å². The average molecular weight is 396 g/mol. The Hall–Kier alpha value is -1.70. The van der Waals surface area contributed by atoms with Crippen molar-refractivity contribution in [2.45, 2.75) is 85.0 Å². The highest BCUT2D eigenvalue weighted by atomic mass is 19.1. The summed E-state index contributed by atoms with van der Waals surface area (Å²) in [5.41, 5.74) is 3.69. The SMILES string of the molecule is CCCc1ccc(-c2ccc(CC[C@@H]3CCCC[C@H]3C(C)CCC)cc2F)nc1. The third kappa shape index (κ3) is 5.90. The van der Waals surface area contributed by atoms with Crippen LogP contribution >= 0.6 is 0 Å². The maximum atomic E-state index is 14.8. The zero-order valence-corrected chi connectivity index (χ0v) is 18.6. The quantitative estimate of drug-likeness (QED) is 0.419. The molecule has 1 aliphatic carbocycles. The molecular weight excluding hydrogens is 357 g/mol. The molecule has 2 aromatic rings. The number of halogens is 1. The van der Waals surface area contributed by atoms with E-state index in [4.69, 9.17) is 0 Å². The molecule has 0 bridgehead atoms. The molecule has 2 heteroatoms. The van der Waals surface area contributed by atoms with E-state index in [2.05, 4.69) is 37.9 Å². The summed E-state index contributed by atoms with van der Waals surface area (Å²) >= 11 is 0. The van der Waals surface area contributed by atoms with Gasteiger partial charge < -0.3 is 0 Å². The lowest BCUT2D eigenvalue weighted by atomic mass is 9.70. The van der Waals surface area contributed by atoms with Crippen LogP contribution in [-0.4, -0.2) is 4.98 Å². The molecule has 0 amide bonds. The summed E-state index contributed by atoms with van der Waals surface area (Å²) in [6.45, 7) is 6.90. The Morgan fingerprint density at radius 3 is 2.48 bits per heavy atom. The number of pyridine rings is 1. The Kier molecular flexibility index (Phi) is 8.27. The van der Waals surface area contributed by atoms with Gasteiger partial charge in [0.05, 0.1) is 5.69 Å². The molecule has 1 aromatic heterocycles. The molecule has 1 heterocycles. The van der Waals surface area contributed by atoms with Gasteiger partial charge in [0, 0.05) is 11.8 Å². The summed E-state index contributed by atoms with van der Waals surface area (Å²) in [6.07, 6.45) is 14.3. The highest BCUT2D eigenvalue weighted by molar-refractivity contribution is 5.60. The monoisotopic (exact) mass is 395 g/mol. The van der Waals surface area contributed by atoms with Gasteiger partial charge in [0.15, 0.2) is 0 Å². The van der Waals surface area contributed by atoms with E-state index in [0.29, 0.717) is 5.56 Å². The van der Waals surface area contributed by atoms with Gasteiger partial charge in [0.2, 0.25) is 0 Å². The lowest BCUT2D eigenvalue weighted by molar-refractivity contribution is 0.154. The summed E-state index contributed by atoms with van der Waals surface area (Å²) in [5.74, 6) is 2.35. The van der Waals surface area contributed by atoms with Crippen LogP contribution in [0.25, 0.3) is 11.3 Å². The van der Waals surface area contributed by atoms with Crippen LogP contribution in [0.4, 0.5) is 4.39 Å². The Morgan fingerprint density at radius 1 is 1.00 bits per heavy atom. The Labute approximate surface area is 177 Å². The fraction of sp³-hybridized carbons (Fsp3) is 0.593. The first kappa shape index (κ1) is 22.0. The van der Waals surface area contributed by atoms with Crippen LogP contribution in [0.15, 0.2) is 36.5 Å². The second-order valence-corrected chi connectivity index (χ2v) is 9.13. The van der Waals surface area contributed by atoms with Crippen molar-refractivity contribution in [3.05, 3.63) is 53.5 Å². The van der Waals surface area contributed by atoms with E-state index in [1.807, 2.05) is 18.3 Å². The van der Waals surface area contributed by atoms with Crippen LogP contribution in [-0.2, 0) is 12.8 Å². The first-order valence-corrected chi connectivity index (χ1v) is 11.9. The largest absolute Gasteiger partial charge is 0.256 e. The molecule has 0 radical (unpaired) electrons. The van der Waals surface area contributed by atoms with E-state index in [1.165, 1.54) is 50.5 Å².